The number of cyclic esters (lactones) is 1. The summed E-state index contributed by atoms with van der Waals surface area (Å²) < 4.78 is 24.0. The van der Waals surface area contributed by atoms with Crippen molar-refractivity contribution < 1.29 is 28.2 Å². The average Bonchev–Trinajstić information content (AvgIpc) is 3.26. The molecular weight excluding hydrogens is 438 g/mol. The van der Waals surface area contributed by atoms with Crippen LogP contribution < -0.4 is 0 Å². The molecule has 1 aromatic rings. The molecule has 184 valence electrons. The smallest absolute Gasteiger partial charge is 0.416 e. The molecule has 0 bridgehead atoms. The van der Waals surface area contributed by atoms with Crippen molar-refractivity contribution in [1.29, 1.82) is 0 Å². The molecule has 3 rings (SSSR count). The second-order valence-electron chi connectivity index (χ2n) is 11.1. The fourth-order valence-electron chi connectivity index (χ4n) is 4.02. The molecule has 2 aliphatic heterocycles. The topological polar surface area (TPSA) is 74.3 Å². The van der Waals surface area contributed by atoms with Gasteiger partial charge in [-0.05, 0) is 44.0 Å². The molecule has 7 nitrogen and oxygen atoms in total. The van der Waals surface area contributed by atoms with E-state index in [1.165, 1.54) is 4.90 Å². The Bertz CT molecular complexity index is 850. The lowest BCUT2D eigenvalue weighted by molar-refractivity contribution is -0.159. The van der Waals surface area contributed by atoms with E-state index in [2.05, 4.69) is 33.9 Å². The van der Waals surface area contributed by atoms with E-state index in [1.807, 2.05) is 51.1 Å². The summed E-state index contributed by atoms with van der Waals surface area (Å²) in [5.41, 5.74) is 1.05. The van der Waals surface area contributed by atoms with Crippen LogP contribution in [0, 0.1) is 5.92 Å². The predicted octanol–water partition coefficient (Wildman–Crippen LogP) is 4.75. The van der Waals surface area contributed by atoms with Crippen molar-refractivity contribution in [3.8, 4) is 0 Å². The fraction of sp³-hybridized carbons (Fsp3) is 0.680. The van der Waals surface area contributed by atoms with E-state index >= 15 is 0 Å². The fourth-order valence-corrected chi connectivity index (χ4v) is 5.41. The maximum atomic E-state index is 13.7. The number of amides is 2. The van der Waals surface area contributed by atoms with Crippen LogP contribution in [0.5, 0.6) is 0 Å². The molecule has 2 amide bonds. The number of ether oxygens (including phenoxy) is 3. The normalized spacial score (nSPS) is 25.1. The minimum atomic E-state index is -2.25. The summed E-state index contributed by atoms with van der Waals surface area (Å²) in [6.45, 7) is 16.8. The summed E-state index contributed by atoms with van der Waals surface area (Å²) in [7, 11) is -2.25. The first kappa shape index (κ1) is 25.9. The molecule has 0 aliphatic carbocycles. The maximum absolute atomic E-state index is 13.7. The highest BCUT2D eigenvalue weighted by Crippen LogP contribution is 2.40. The summed E-state index contributed by atoms with van der Waals surface area (Å²) in [6, 6.07) is 9.47. The van der Waals surface area contributed by atoms with Crippen molar-refractivity contribution >= 4 is 20.3 Å². The van der Waals surface area contributed by atoms with E-state index in [1.54, 1.807) is 0 Å². The molecule has 0 saturated carbocycles. The van der Waals surface area contributed by atoms with Crippen LogP contribution in [0.15, 0.2) is 30.3 Å². The minimum Gasteiger partial charge on any atom is -0.447 e. The third-order valence-electron chi connectivity index (χ3n) is 7.03. The van der Waals surface area contributed by atoms with Crippen molar-refractivity contribution in [1.82, 2.24) is 4.90 Å². The molecule has 0 aromatic heterocycles. The summed E-state index contributed by atoms with van der Waals surface area (Å²) in [5.74, 6) is -1.65. The van der Waals surface area contributed by atoms with Gasteiger partial charge in [-0.25, -0.2) is 9.69 Å². The maximum Gasteiger partial charge on any atom is 0.416 e. The quantitative estimate of drug-likeness (QED) is 0.528. The van der Waals surface area contributed by atoms with Crippen molar-refractivity contribution in [2.45, 2.75) is 90.1 Å². The zero-order valence-corrected chi connectivity index (χ0v) is 22.2. The lowest BCUT2D eigenvalue weighted by Gasteiger charge is -2.42. The molecule has 33 heavy (non-hydrogen) atoms. The van der Waals surface area contributed by atoms with Gasteiger partial charge in [-0.3, -0.25) is 4.79 Å². The van der Waals surface area contributed by atoms with E-state index in [-0.39, 0.29) is 23.6 Å². The van der Waals surface area contributed by atoms with Gasteiger partial charge in [0, 0.05) is 0 Å². The molecule has 2 saturated heterocycles. The zero-order valence-electron chi connectivity index (χ0n) is 21.2. The Kier molecular flexibility index (Phi) is 7.44. The van der Waals surface area contributed by atoms with Gasteiger partial charge in [0.2, 0.25) is 5.91 Å². The highest BCUT2D eigenvalue weighted by atomic mass is 28.4. The van der Waals surface area contributed by atoms with Gasteiger partial charge in [0.05, 0.1) is 24.7 Å². The number of rotatable bonds is 7. The van der Waals surface area contributed by atoms with Gasteiger partial charge in [-0.15, -0.1) is 0 Å². The number of carbonyl (C=O) groups is 2. The number of imide groups is 1. The summed E-state index contributed by atoms with van der Waals surface area (Å²) >= 11 is 0. The molecule has 1 aromatic carbocycles. The molecule has 8 heteroatoms. The molecular formula is C25H39NO6Si. The number of hydrogen-bond acceptors (Lipinski definition) is 6. The van der Waals surface area contributed by atoms with Crippen LogP contribution in [0.2, 0.25) is 18.1 Å². The van der Waals surface area contributed by atoms with Crippen molar-refractivity contribution in [3.63, 3.8) is 0 Å². The molecule has 0 radical (unpaired) electrons. The average molecular weight is 478 g/mol. The largest absolute Gasteiger partial charge is 0.447 e. The Hall–Kier alpha value is -1.74. The Labute approximate surface area is 198 Å². The van der Waals surface area contributed by atoms with Crippen molar-refractivity contribution in [2.75, 3.05) is 13.2 Å². The number of carbonyl (C=O) groups excluding carboxylic acids is 2. The first-order chi connectivity index (χ1) is 15.2. The number of hydrogen-bond donors (Lipinski definition) is 0. The Morgan fingerprint density at radius 3 is 2.39 bits per heavy atom. The molecule has 2 unspecified atom stereocenters. The van der Waals surface area contributed by atoms with E-state index < -0.39 is 38.3 Å². The van der Waals surface area contributed by atoms with Crippen molar-refractivity contribution in [2.24, 2.45) is 5.92 Å². The van der Waals surface area contributed by atoms with Crippen LogP contribution in [0.4, 0.5) is 4.79 Å². The summed E-state index contributed by atoms with van der Waals surface area (Å²) in [6.07, 6.45) is -0.984. The number of benzene rings is 1. The number of nitrogens with zero attached hydrogens (tertiary/aromatic N) is 1. The second kappa shape index (κ2) is 9.48. The van der Waals surface area contributed by atoms with Gasteiger partial charge in [0.1, 0.15) is 12.7 Å². The first-order valence-electron chi connectivity index (χ1n) is 11.8. The predicted molar refractivity (Wildman–Crippen MR) is 128 cm³/mol. The Morgan fingerprint density at radius 1 is 1.21 bits per heavy atom. The summed E-state index contributed by atoms with van der Waals surface area (Å²) in [4.78, 5) is 27.6. The molecule has 0 spiro atoms. The first-order valence-corrected chi connectivity index (χ1v) is 14.7. The minimum absolute atomic E-state index is 0.0502. The second-order valence-corrected chi connectivity index (χ2v) is 15.9. The zero-order chi connectivity index (χ0) is 24.6. The van der Waals surface area contributed by atoms with Gasteiger partial charge in [-0.2, -0.15) is 0 Å². The van der Waals surface area contributed by atoms with Gasteiger partial charge in [0.15, 0.2) is 14.1 Å². The third kappa shape index (κ3) is 5.85. The van der Waals surface area contributed by atoms with Crippen LogP contribution in [-0.4, -0.2) is 62.5 Å². The van der Waals surface area contributed by atoms with E-state index in [0.29, 0.717) is 13.0 Å². The third-order valence-corrected chi connectivity index (χ3v) is 11.5. The molecule has 2 fully saturated rings. The van der Waals surface area contributed by atoms with Gasteiger partial charge < -0.3 is 18.6 Å². The summed E-state index contributed by atoms with van der Waals surface area (Å²) in [5, 5.41) is -0.0502. The van der Waals surface area contributed by atoms with Gasteiger partial charge >= 0.3 is 6.09 Å². The SMILES string of the molecule is C[C@@H](C(=O)N1C(=O)OCC1Cc1ccccc1)[C@@H](O[Si](C)(C)C(C)(C)C)C1COC(C)(C)O1. The van der Waals surface area contributed by atoms with Crippen LogP contribution in [-0.2, 0) is 29.9 Å². The molecule has 4 atom stereocenters. The molecule has 2 heterocycles. The van der Waals surface area contributed by atoms with E-state index in [0.717, 1.165) is 5.56 Å². The van der Waals surface area contributed by atoms with Crippen LogP contribution in [0.1, 0.15) is 47.1 Å². The lowest BCUT2D eigenvalue weighted by Crippen LogP contribution is -2.54. The highest BCUT2D eigenvalue weighted by molar-refractivity contribution is 6.74. The standard InChI is InChI=1S/C25H39NO6Si/c1-17(21(20-16-30-25(5,6)31-20)32-33(7,8)24(2,3)4)22(27)26-19(15-29-23(26)28)14-18-12-10-9-11-13-18/h9-13,17,19-21H,14-16H2,1-8H3/t17-,19?,20?,21-/m1/s1. The van der Waals surface area contributed by atoms with Crippen LogP contribution >= 0.6 is 0 Å². The van der Waals surface area contributed by atoms with Crippen LogP contribution in [0.3, 0.4) is 0 Å². The molecule has 2 aliphatic rings. The van der Waals surface area contributed by atoms with Crippen LogP contribution in [0.25, 0.3) is 0 Å². The van der Waals surface area contributed by atoms with Gasteiger partial charge in [-0.1, -0.05) is 58.0 Å². The van der Waals surface area contributed by atoms with E-state index in [9.17, 15) is 9.59 Å². The van der Waals surface area contributed by atoms with Gasteiger partial charge in [0.25, 0.3) is 0 Å². The Balaban J connectivity index is 1.85. The highest BCUT2D eigenvalue weighted by Gasteiger charge is 2.50. The Morgan fingerprint density at radius 2 is 1.85 bits per heavy atom. The monoisotopic (exact) mass is 477 g/mol. The van der Waals surface area contributed by atoms with E-state index in [4.69, 9.17) is 18.6 Å². The lowest BCUT2D eigenvalue weighted by atomic mass is 9.97. The van der Waals surface area contributed by atoms with Crippen molar-refractivity contribution in [3.05, 3.63) is 35.9 Å². The molecule has 0 N–H and O–H groups in total.